The minimum absolute atomic E-state index is 0.0324. The maximum Gasteiger partial charge on any atom is 0.257 e. The molecule has 0 saturated carbocycles. The molecule has 1 N–H and O–H groups in total. The lowest BCUT2D eigenvalue weighted by Crippen LogP contribution is -2.46. The molecule has 2 aliphatic rings. The summed E-state index contributed by atoms with van der Waals surface area (Å²) in [6.45, 7) is 5.34. The van der Waals surface area contributed by atoms with E-state index in [0.717, 1.165) is 58.7 Å². The summed E-state index contributed by atoms with van der Waals surface area (Å²) >= 11 is 0. The second kappa shape index (κ2) is 7.75. The molecule has 2 saturated heterocycles. The Labute approximate surface area is 137 Å². The van der Waals surface area contributed by atoms with Crippen molar-refractivity contribution in [3.05, 3.63) is 24.0 Å². The summed E-state index contributed by atoms with van der Waals surface area (Å²) in [5.74, 6) is -0.105. The number of aromatic hydroxyl groups is 1. The van der Waals surface area contributed by atoms with Crippen molar-refractivity contribution in [3.8, 4) is 5.75 Å². The van der Waals surface area contributed by atoms with Gasteiger partial charge in [-0.2, -0.15) is 0 Å². The summed E-state index contributed by atoms with van der Waals surface area (Å²) in [6.07, 6.45) is 7.12. The maximum absolute atomic E-state index is 12.8. The van der Waals surface area contributed by atoms with Crippen molar-refractivity contribution in [1.82, 2.24) is 14.8 Å². The van der Waals surface area contributed by atoms with E-state index in [4.69, 9.17) is 4.74 Å². The number of morpholine rings is 1. The van der Waals surface area contributed by atoms with E-state index in [1.54, 1.807) is 12.3 Å². The lowest BCUT2D eigenvalue weighted by Gasteiger charge is -2.37. The summed E-state index contributed by atoms with van der Waals surface area (Å²) in [5.41, 5.74) is 0.360. The number of pyridine rings is 1. The van der Waals surface area contributed by atoms with E-state index in [9.17, 15) is 9.90 Å². The molecule has 0 aliphatic carbocycles. The molecule has 1 atom stereocenters. The second-order valence-electron chi connectivity index (χ2n) is 6.28. The van der Waals surface area contributed by atoms with Gasteiger partial charge in [0.05, 0.1) is 25.0 Å². The first-order chi connectivity index (χ1) is 11.3. The molecule has 3 heterocycles. The van der Waals surface area contributed by atoms with Crippen molar-refractivity contribution in [2.45, 2.75) is 31.7 Å². The molecule has 1 aromatic heterocycles. The van der Waals surface area contributed by atoms with Crippen LogP contribution in [-0.2, 0) is 4.74 Å². The molecule has 6 heteroatoms. The summed E-state index contributed by atoms with van der Waals surface area (Å²) in [7, 11) is 0. The molecule has 1 aromatic rings. The minimum atomic E-state index is -0.0726. The van der Waals surface area contributed by atoms with E-state index >= 15 is 0 Å². The zero-order valence-corrected chi connectivity index (χ0v) is 13.5. The van der Waals surface area contributed by atoms with Crippen molar-refractivity contribution < 1.29 is 14.6 Å². The largest absolute Gasteiger partial charge is 0.505 e. The first kappa shape index (κ1) is 16.2. The highest BCUT2D eigenvalue weighted by molar-refractivity contribution is 5.96. The number of likely N-dealkylation sites (tertiary alicyclic amines) is 1. The Morgan fingerprint density at radius 2 is 2.13 bits per heavy atom. The Morgan fingerprint density at radius 3 is 2.91 bits per heavy atom. The zero-order valence-electron chi connectivity index (χ0n) is 13.5. The van der Waals surface area contributed by atoms with E-state index in [1.807, 2.05) is 4.90 Å². The monoisotopic (exact) mass is 319 g/mol. The van der Waals surface area contributed by atoms with Crippen molar-refractivity contribution in [2.24, 2.45) is 0 Å². The van der Waals surface area contributed by atoms with Crippen LogP contribution in [-0.4, -0.2) is 71.2 Å². The molecule has 0 bridgehead atoms. The third-order valence-electron chi connectivity index (χ3n) is 4.80. The highest BCUT2D eigenvalue weighted by Crippen LogP contribution is 2.25. The Balaban J connectivity index is 1.63. The minimum Gasteiger partial charge on any atom is -0.505 e. The molecule has 0 aromatic carbocycles. The van der Waals surface area contributed by atoms with Crippen LogP contribution < -0.4 is 0 Å². The third-order valence-corrected chi connectivity index (χ3v) is 4.80. The normalized spacial score (nSPS) is 23.0. The van der Waals surface area contributed by atoms with E-state index in [-0.39, 0.29) is 17.7 Å². The fourth-order valence-electron chi connectivity index (χ4n) is 3.45. The number of hydrogen-bond acceptors (Lipinski definition) is 5. The fourth-order valence-corrected chi connectivity index (χ4v) is 3.45. The molecule has 6 nitrogen and oxygen atoms in total. The van der Waals surface area contributed by atoms with Crippen molar-refractivity contribution in [3.63, 3.8) is 0 Å². The van der Waals surface area contributed by atoms with Gasteiger partial charge in [-0.25, -0.2) is 0 Å². The Morgan fingerprint density at radius 1 is 1.30 bits per heavy atom. The van der Waals surface area contributed by atoms with Crippen LogP contribution in [0.1, 0.15) is 36.0 Å². The molecule has 1 amide bonds. The molecule has 2 fully saturated rings. The van der Waals surface area contributed by atoms with Crippen LogP contribution in [0.4, 0.5) is 0 Å². The number of rotatable bonds is 4. The second-order valence-corrected chi connectivity index (χ2v) is 6.28. The van der Waals surface area contributed by atoms with E-state index in [1.165, 1.54) is 12.6 Å². The predicted molar refractivity (Wildman–Crippen MR) is 86.5 cm³/mol. The molecule has 1 unspecified atom stereocenters. The number of nitrogens with zero attached hydrogens (tertiary/aromatic N) is 3. The average Bonchev–Trinajstić information content (AvgIpc) is 2.61. The summed E-state index contributed by atoms with van der Waals surface area (Å²) in [5, 5.41) is 9.90. The third kappa shape index (κ3) is 4.00. The Hall–Kier alpha value is -1.66. The number of aromatic nitrogens is 1. The zero-order chi connectivity index (χ0) is 16.1. The summed E-state index contributed by atoms with van der Waals surface area (Å²) < 4.78 is 5.38. The molecular weight excluding hydrogens is 294 g/mol. The van der Waals surface area contributed by atoms with Crippen molar-refractivity contribution in [2.75, 3.05) is 39.4 Å². The molecule has 0 radical (unpaired) electrons. The van der Waals surface area contributed by atoms with E-state index < -0.39 is 0 Å². The first-order valence-electron chi connectivity index (χ1n) is 8.50. The number of amides is 1. The molecule has 2 aliphatic heterocycles. The number of ether oxygens (including phenoxy) is 1. The standard InChI is InChI=1S/C17H25N3O3/c21-16-13-18-6-4-15(16)17(22)20-7-2-1-3-14(20)5-8-19-9-11-23-12-10-19/h4,6,13-14,21H,1-3,5,7-12H2. The fraction of sp³-hybridized carbons (Fsp3) is 0.647. The predicted octanol–water partition coefficient (Wildman–Crippen LogP) is 1.50. The van der Waals surface area contributed by atoms with Crippen LogP contribution in [0.25, 0.3) is 0 Å². The Kier molecular flexibility index (Phi) is 5.46. The van der Waals surface area contributed by atoms with Gasteiger partial charge in [-0.15, -0.1) is 0 Å². The van der Waals surface area contributed by atoms with Gasteiger partial charge in [0.1, 0.15) is 5.75 Å². The van der Waals surface area contributed by atoms with E-state index in [0.29, 0.717) is 5.56 Å². The van der Waals surface area contributed by atoms with Gasteiger partial charge in [-0.05, 0) is 31.7 Å². The summed E-state index contributed by atoms with van der Waals surface area (Å²) in [4.78, 5) is 21.0. The molecular formula is C17H25N3O3. The SMILES string of the molecule is O=C(c1ccncc1O)N1CCCCC1CCN1CCOCC1. The van der Waals surface area contributed by atoms with Crippen LogP contribution in [0, 0.1) is 0 Å². The van der Waals surface area contributed by atoms with E-state index in [2.05, 4.69) is 9.88 Å². The Bertz CT molecular complexity index is 532. The highest BCUT2D eigenvalue weighted by atomic mass is 16.5. The van der Waals surface area contributed by atoms with Gasteiger partial charge in [0, 0.05) is 38.4 Å². The quantitative estimate of drug-likeness (QED) is 0.911. The highest BCUT2D eigenvalue weighted by Gasteiger charge is 2.29. The summed E-state index contributed by atoms with van der Waals surface area (Å²) in [6, 6.07) is 1.86. The number of piperidine rings is 1. The lowest BCUT2D eigenvalue weighted by molar-refractivity contribution is 0.0295. The molecule has 0 spiro atoms. The molecule has 126 valence electrons. The lowest BCUT2D eigenvalue weighted by atomic mass is 9.98. The molecule has 3 rings (SSSR count). The van der Waals surface area contributed by atoms with Gasteiger partial charge in [0.15, 0.2) is 0 Å². The number of hydrogen-bond donors (Lipinski definition) is 1. The topological polar surface area (TPSA) is 65.9 Å². The van der Waals surface area contributed by atoms with Gasteiger partial charge >= 0.3 is 0 Å². The van der Waals surface area contributed by atoms with Crippen molar-refractivity contribution >= 4 is 5.91 Å². The van der Waals surface area contributed by atoms with Gasteiger partial charge in [0.2, 0.25) is 0 Å². The molecule has 23 heavy (non-hydrogen) atoms. The van der Waals surface area contributed by atoms with Gasteiger partial charge < -0.3 is 14.7 Å². The number of carbonyl (C=O) groups excluding carboxylic acids is 1. The van der Waals surface area contributed by atoms with Crippen LogP contribution in [0.5, 0.6) is 5.75 Å². The van der Waals surface area contributed by atoms with Gasteiger partial charge in [0.25, 0.3) is 5.91 Å². The smallest absolute Gasteiger partial charge is 0.257 e. The van der Waals surface area contributed by atoms with Crippen LogP contribution >= 0.6 is 0 Å². The van der Waals surface area contributed by atoms with Crippen molar-refractivity contribution in [1.29, 1.82) is 0 Å². The van der Waals surface area contributed by atoms with Gasteiger partial charge in [-0.3, -0.25) is 14.7 Å². The average molecular weight is 319 g/mol. The first-order valence-corrected chi connectivity index (χ1v) is 8.50. The maximum atomic E-state index is 12.8. The van der Waals surface area contributed by atoms with Gasteiger partial charge in [-0.1, -0.05) is 0 Å². The van der Waals surface area contributed by atoms with Crippen LogP contribution in [0.2, 0.25) is 0 Å². The number of carbonyl (C=O) groups is 1. The van der Waals surface area contributed by atoms with Crippen LogP contribution in [0.15, 0.2) is 18.5 Å². The van der Waals surface area contributed by atoms with Crippen LogP contribution in [0.3, 0.4) is 0 Å².